The molecule has 0 unspecified atom stereocenters. The van der Waals surface area contributed by atoms with E-state index in [2.05, 4.69) is 5.32 Å². The van der Waals surface area contributed by atoms with Crippen LogP contribution in [0.25, 0.3) is 0 Å². The summed E-state index contributed by atoms with van der Waals surface area (Å²) >= 11 is 0. The molecule has 0 aliphatic heterocycles. The first-order chi connectivity index (χ1) is 7.47. The van der Waals surface area contributed by atoms with Gasteiger partial charge in [-0.15, -0.1) is 0 Å². The molecule has 5 nitrogen and oxygen atoms in total. The van der Waals surface area contributed by atoms with Crippen molar-refractivity contribution in [2.45, 2.75) is 6.92 Å². The van der Waals surface area contributed by atoms with Crippen LogP contribution in [0.4, 0.5) is 4.39 Å². The Balaban J connectivity index is 3.06. The molecule has 0 aliphatic carbocycles. The number of carbonyl (C=O) groups excluding carboxylic acids is 1. The molecule has 1 rings (SSSR count). The summed E-state index contributed by atoms with van der Waals surface area (Å²) in [4.78, 5) is 11.2. The zero-order valence-corrected chi connectivity index (χ0v) is 8.54. The molecular weight excluding hydrogens is 215 g/mol. The fourth-order valence-electron chi connectivity index (χ4n) is 1.11. The molecular formula is C10H11FN2O3. The summed E-state index contributed by atoms with van der Waals surface area (Å²) in [6, 6.07) is 1.77. The van der Waals surface area contributed by atoms with E-state index in [0.29, 0.717) is 6.54 Å². The number of hydrogen-bond acceptors (Lipinski definition) is 4. The highest BCUT2D eigenvalue weighted by molar-refractivity contribution is 6.44. The first-order valence-electron chi connectivity index (χ1n) is 4.56. The molecule has 16 heavy (non-hydrogen) atoms. The van der Waals surface area contributed by atoms with Crippen molar-refractivity contribution >= 4 is 11.6 Å². The number of phenols is 2. The first kappa shape index (κ1) is 12.0. The van der Waals surface area contributed by atoms with Gasteiger partial charge in [0.15, 0.2) is 17.3 Å². The highest BCUT2D eigenvalue weighted by atomic mass is 19.1. The Morgan fingerprint density at radius 3 is 2.62 bits per heavy atom. The average Bonchev–Trinajstić information content (AvgIpc) is 2.24. The number of aromatic hydroxyl groups is 2. The van der Waals surface area contributed by atoms with Crippen molar-refractivity contribution in [3.05, 3.63) is 23.5 Å². The van der Waals surface area contributed by atoms with Crippen LogP contribution in [-0.4, -0.2) is 28.4 Å². The SMILES string of the molecule is CCNC(=O)C(=N)c1cc(O)c(O)c(F)c1. The minimum Gasteiger partial charge on any atom is -0.504 e. The summed E-state index contributed by atoms with van der Waals surface area (Å²) in [5, 5.41) is 27.9. The Morgan fingerprint density at radius 1 is 1.50 bits per heavy atom. The van der Waals surface area contributed by atoms with E-state index in [1.54, 1.807) is 6.92 Å². The van der Waals surface area contributed by atoms with Crippen LogP contribution >= 0.6 is 0 Å². The van der Waals surface area contributed by atoms with Crippen LogP contribution < -0.4 is 5.32 Å². The van der Waals surface area contributed by atoms with Gasteiger partial charge in [-0.25, -0.2) is 4.39 Å². The van der Waals surface area contributed by atoms with Crippen molar-refractivity contribution in [1.82, 2.24) is 5.32 Å². The molecule has 1 amide bonds. The molecule has 4 N–H and O–H groups in total. The lowest BCUT2D eigenvalue weighted by Gasteiger charge is -2.06. The molecule has 0 saturated carbocycles. The van der Waals surface area contributed by atoms with Crippen LogP contribution in [0.1, 0.15) is 12.5 Å². The molecule has 0 atom stereocenters. The molecule has 0 spiro atoms. The third kappa shape index (κ3) is 2.28. The second kappa shape index (κ2) is 4.61. The van der Waals surface area contributed by atoms with Crippen LogP contribution in [0.3, 0.4) is 0 Å². The van der Waals surface area contributed by atoms with Crippen molar-refractivity contribution in [1.29, 1.82) is 5.41 Å². The largest absolute Gasteiger partial charge is 0.504 e. The number of benzene rings is 1. The molecule has 0 saturated heterocycles. The smallest absolute Gasteiger partial charge is 0.269 e. The fraction of sp³-hybridized carbons (Fsp3) is 0.200. The van der Waals surface area contributed by atoms with Crippen molar-refractivity contribution in [2.75, 3.05) is 6.54 Å². The van der Waals surface area contributed by atoms with Gasteiger partial charge in [0.1, 0.15) is 5.71 Å². The van der Waals surface area contributed by atoms with E-state index >= 15 is 0 Å². The van der Waals surface area contributed by atoms with E-state index < -0.39 is 28.9 Å². The second-order valence-corrected chi connectivity index (χ2v) is 3.06. The Kier molecular flexibility index (Phi) is 3.44. The summed E-state index contributed by atoms with van der Waals surface area (Å²) in [5.74, 6) is -3.35. The number of halogens is 1. The van der Waals surface area contributed by atoms with Gasteiger partial charge in [-0.3, -0.25) is 10.2 Å². The van der Waals surface area contributed by atoms with Gasteiger partial charge in [-0.1, -0.05) is 0 Å². The summed E-state index contributed by atoms with van der Waals surface area (Å²) in [7, 11) is 0. The number of phenolic OH excluding ortho intramolecular Hbond substituents is 2. The lowest BCUT2D eigenvalue weighted by molar-refractivity contribution is -0.114. The summed E-state index contributed by atoms with van der Waals surface area (Å²) in [5.41, 5.74) is -0.574. The number of hydrogen-bond donors (Lipinski definition) is 4. The lowest BCUT2D eigenvalue weighted by atomic mass is 10.1. The van der Waals surface area contributed by atoms with Crippen molar-refractivity contribution in [3.8, 4) is 11.5 Å². The van der Waals surface area contributed by atoms with Gasteiger partial charge in [-0.2, -0.15) is 0 Å². The summed E-state index contributed by atoms with van der Waals surface area (Å²) in [6.45, 7) is 2.02. The Hall–Kier alpha value is -2.11. The molecule has 0 fully saturated rings. The van der Waals surface area contributed by atoms with Gasteiger partial charge < -0.3 is 15.5 Å². The van der Waals surface area contributed by atoms with Crippen molar-refractivity contribution < 1.29 is 19.4 Å². The molecule has 86 valence electrons. The second-order valence-electron chi connectivity index (χ2n) is 3.06. The van der Waals surface area contributed by atoms with Crippen LogP contribution in [-0.2, 0) is 4.79 Å². The lowest BCUT2D eigenvalue weighted by Crippen LogP contribution is -2.30. The van der Waals surface area contributed by atoms with E-state index in [4.69, 9.17) is 15.6 Å². The zero-order chi connectivity index (χ0) is 12.3. The third-order valence-electron chi connectivity index (χ3n) is 1.90. The molecule has 0 radical (unpaired) electrons. The third-order valence-corrected chi connectivity index (χ3v) is 1.90. The zero-order valence-electron chi connectivity index (χ0n) is 8.54. The molecule has 1 aromatic rings. The number of carbonyl (C=O) groups is 1. The van der Waals surface area contributed by atoms with Gasteiger partial charge in [0.2, 0.25) is 0 Å². The number of nitrogens with one attached hydrogen (secondary N) is 2. The summed E-state index contributed by atoms with van der Waals surface area (Å²) < 4.78 is 13.0. The standard InChI is InChI=1S/C10H11FN2O3/c1-2-13-10(16)8(12)5-3-6(11)9(15)7(14)4-5/h3-4,12,14-15H,2H2,1H3,(H,13,16). The predicted octanol–water partition coefficient (Wildman–Crippen LogP) is 0.741. The first-order valence-corrected chi connectivity index (χ1v) is 4.56. The topological polar surface area (TPSA) is 93.4 Å². The monoisotopic (exact) mass is 226 g/mol. The quantitative estimate of drug-likeness (QED) is 0.452. The molecule has 0 bridgehead atoms. The maximum absolute atomic E-state index is 13.0. The molecule has 6 heteroatoms. The minimum atomic E-state index is -1.08. The maximum Gasteiger partial charge on any atom is 0.269 e. The maximum atomic E-state index is 13.0. The number of likely N-dealkylation sites (N-methyl/N-ethyl adjacent to an activating group) is 1. The van der Waals surface area contributed by atoms with Crippen molar-refractivity contribution in [2.24, 2.45) is 0 Å². The van der Waals surface area contributed by atoms with Gasteiger partial charge >= 0.3 is 0 Å². The van der Waals surface area contributed by atoms with Gasteiger partial charge in [-0.05, 0) is 19.1 Å². The van der Waals surface area contributed by atoms with Crippen LogP contribution in [0.2, 0.25) is 0 Å². The highest BCUT2D eigenvalue weighted by Gasteiger charge is 2.16. The van der Waals surface area contributed by atoms with Crippen LogP contribution in [0.5, 0.6) is 11.5 Å². The highest BCUT2D eigenvalue weighted by Crippen LogP contribution is 2.28. The molecule has 0 aromatic heterocycles. The van der Waals surface area contributed by atoms with E-state index in [0.717, 1.165) is 12.1 Å². The normalized spacial score (nSPS) is 9.88. The Labute approximate surface area is 91.0 Å². The minimum absolute atomic E-state index is 0.0984. The van der Waals surface area contributed by atoms with Gasteiger partial charge in [0, 0.05) is 12.1 Å². The molecule has 0 heterocycles. The van der Waals surface area contributed by atoms with E-state index in [1.165, 1.54) is 0 Å². The van der Waals surface area contributed by atoms with E-state index in [-0.39, 0.29) is 5.56 Å². The van der Waals surface area contributed by atoms with E-state index in [9.17, 15) is 9.18 Å². The molecule has 0 aliphatic rings. The van der Waals surface area contributed by atoms with Gasteiger partial charge in [0.25, 0.3) is 5.91 Å². The number of rotatable bonds is 3. The van der Waals surface area contributed by atoms with Crippen molar-refractivity contribution in [3.63, 3.8) is 0 Å². The predicted molar refractivity (Wildman–Crippen MR) is 55.2 cm³/mol. The number of amides is 1. The Bertz CT molecular complexity index is 423. The fourth-order valence-corrected chi connectivity index (χ4v) is 1.11. The molecule has 1 aromatic carbocycles. The van der Waals surface area contributed by atoms with E-state index in [1.807, 2.05) is 0 Å². The van der Waals surface area contributed by atoms with Crippen LogP contribution in [0.15, 0.2) is 12.1 Å². The average molecular weight is 226 g/mol. The van der Waals surface area contributed by atoms with Crippen LogP contribution in [0, 0.1) is 11.2 Å². The Morgan fingerprint density at radius 2 is 2.12 bits per heavy atom. The van der Waals surface area contributed by atoms with Gasteiger partial charge in [0.05, 0.1) is 0 Å². The summed E-state index contributed by atoms with van der Waals surface area (Å²) in [6.07, 6.45) is 0.